The van der Waals surface area contributed by atoms with Crippen molar-refractivity contribution in [2.45, 2.75) is 23.5 Å². The summed E-state index contributed by atoms with van der Waals surface area (Å²) in [6, 6.07) is -0.991. The average Bonchev–Trinajstić information content (AvgIpc) is 3.32. The second-order valence-electron chi connectivity index (χ2n) is 7.96. The molecule has 0 radical (unpaired) electrons. The van der Waals surface area contributed by atoms with Gasteiger partial charge in [0, 0.05) is 16.9 Å². The van der Waals surface area contributed by atoms with E-state index in [-0.39, 0.29) is 57.7 Å². The number of hydrogen-bond acceptors (Lipinski definition) is 15. The lowest BCUT2D eigenvalue weighted by atomic mass is 10.0. The van der Waals surface area contributed by atoms with Crippen molar-refractivity contribution in [3.8, 4) is 0 Å². The second kappa shape index (κ2) is 10.9. The number of thioether (sulfide) groups is 2. The lowest BCUT2D eigenvalue weighted by molar-refractivity contribution is -0.698. The van der Waals surface area contributed by atoms with Crippen LogP contribution in [0, 0.1) is 0 Å². The highest BCUT2D eigenvalue weighted by Gasteiger charge is 2.53. The lowest BCUT2D eigenvalue weighted by Crippen LogP contribution is -2.71. The van der Waals surface area contributed by atoms with Gasteiger partial charge in [0.05, 0.1) is 18.7 Å². The third-order valence-electron chi connectivity index (χ3n) is 5.58. The zero-order chi connectivity index (χ0) is 27.7. The third-order valence-corrected chi connectivity index (χ3v) is 8.71. The fourth-order valence-electron chi connectivity index (χ4n) is 3.66. The Labute approximate surface area is 228 Å². The zero-order valence-electron chi connectivity index (χ0n) is 20.2. The molecule has 9 N–H and O–H groups in total. The summed E-state index contributed by atoms with van der Waals surface area (Å²) in [5, 5.41) is 20.0. The minimum Gasteiger partial charge on any atom is -0.543 e. The number of amides is 2. The molecule has 1 fully saturated rings. The number of aromatic nitrogens is 3. The van der Waals surface area contributed by atoms with Crippen LogP contribution in [0.1, 0.15) is 12.6 Å². The van der Waals surface area contributed by atoms with Gasteiger partial charge >= 0.3 is 5.16 Å². The highest BCUT2D eigenvalue weighted by atomic mass is 32.2. The molecule has 0 spiro atoms. The number of nitrogens with one attached hydrogen (secondary N) is 1. The van der Waals surface area contributed by atoms with Gasteiger partial charge in [0.25, 0.3) is 11.8 Å². The van der Waals surface area contributed by atoms with Crippen molar-refractivity contribution in [1.82, 2.24) is 20.2 Å². The number of thiazole rings is 1. The Morgan fingerprint density at radius 2 is 2.08 bits per heavy atom. The second-order valence-corrected chi connectivity index (χ2v) is 10.9. The normalized spacial score (nSPS) is 19.2. The molecule has 15 nitrogen and oxygen atoms in total. The summed E-state index contributed by atoms with van der Waals surface area (Å²) in [5.74, 6) is -2.10. The molecule has 18 heteroatoms. The van der Waals surface area contributed by atoms with Crippen LogP contribution in [-0.4, -0.2) is 67.9 Å². The number of fused-ring (bicyclic) bond motifs is 1. The van der Waals surface area contributed by atoms with Gasteiger partial charge in [-0.3, -0.25) is 14.5 Å². The largest absolute Gasteiger partial charge is 0.543 e. The minimum atomic E-state index is -1.51. The number of hydrogen-bond donors (Lipinski definition) is 5. The minimum absolute atomic E-state index is 0.0550. The van der Waals surface area contributed by atoms with Gasteiger partial charge in [-0.1, -0.05) is 10.1 Å². The van der Waals surface area contributed by atoms with E-state index in [1.807, 2.05) is 0 Å². The van der Waals surface area contributed by atoms with Crippen LogP contribution < -0.4 is 37.9 Å². The number of carboxylic acids is 1. The van der Waals surface area contributed by atoms with Crippen molar-refractivity contribution in [3.05, 3.63) is 22.3 Å². The summed E-state index contributed by atoms with van der Waals surface area (Å²) < 4.78 is 1.53. The van der Waals surface area contributed by atoms with Crippen molar-refractivity contribution < 1.29 is 28.9 Å². The van der Waals surface area contributed by atoms with Gasteiger partial charge in [-0.05, 0) is 24.3 Å². The molecule has 38 heavy (non-hydrogen) atoms. The molecule has 2 amide bonds. The third kappa shape index (κ3) is 5.01. The first-order chi connectivity index (χ1) is 18.0. The monoisotopic (exact) mass is 580 g/mol. The standard InChI is InChI=1S/C20H24N10O5S3/c1-3-35-28-10(8-6-37-19(24)25-8)15(31)26-11-16(32)30-12(18(33)34)7(4-36-17(11)30)5-38-20-27-13(22)9(21)14(23)29(20)2/h6,11,17H,3-5H2,1-2H3,(H9,21,22,23,24,25,26,28,31,33,34)/t11?,17-/m1/s1. The van der Waals surface area contributed by atoms with Crippen LogP contribution in [0.15, 0.2) is 27.0 Å². The highest BCUT2D eigenvalue weighted by Crippen LogP contribution is 2.41. The van der Waals surface area contributed by atoms with E-state index in [1.54, 1.807) is 14.0 Å². The Bertz CT molecular complexity index is 1380. The van der Waals surface area contributed by atoms with E-state index >= 15 is 0 Å². The van der Waals surface area contributed by atoms with Crippen LogP contribution in [0.4, 0.5) is 22.5 Å². The number of nitrogens with zero attached hydrogens (tertiary/aromatic N) is 5. The summed E-state index contributed by atoms with van der Waals surface area (Å²) in [6.07, 6.45) is 0. The van der Waals surface area contributed by atoms with Crippen molar-refractivity contribution >= 4 is 80.8 Å². The zero-order valence-corrected chi connectivity index (χ0v) is 22.6. The molecule has 0 aliphatic carbocycles. The van der Waals surface area contributed by atoms with Crippen molar-refractivity contribution in [2.75, 3.05) is 41.0 Å². The predicted octanol–water partition coefficient (Wildman–Crippen LogP) is -2.37. The Kier molecular flexibility index (Phi) is 7.83. The highest BCUT2D eigenvalue weighted by molar-refractivity contribution is 8.01. The molecule has 0 bridgehead atoms. The average molecular weight is 581 g/mol. The summed E-state index contributed by atoms with van der Waals surface area (Å²) >= 11 is 3.60. The van der Waals surface area contributed by atoms with Gasteiger partial charge in [-0.15, -0.1) is 23.1 Å². The molecule has 2 atom stereocenters. The number of nitrogen functional groups attached to an aromatic ring is 4. The number of oxime groups is 1. The molecular weight excluding hydrogens is 556 g/mol. The molecule has 202 valence electrons. The molecule has 4 rings (SSSR count). The maximum Gasteiger partial charge on any atom is 0.301 e. The number of carbonyl (C=O) groups is 3. The van der Waals surface area contributed by atoms with E-state index < -0.39 is 29.2 Å². The van der Waals surface area contributed by atoms with Gasteiger partial charge in [0.2, 0.25) is 11.6 Å². The SMILES string of the molecule is CCO/N=C(\C(=O)NC1C(=O)N2C(C(=O)[O-])=C(CSc3nc(N)c(N)c(N)[n+]3C)CS[C@H]12)c1csc(N)n1. The van der Waals surface area contributed by atoms with Crippen LogP contribution >= 0.6 is 34.9 Å². The molecule has 2 aliphatic heterocycles. The first-order valence-electron chi connectivity index (χ1n) is 11.0. The first kappa shape index (κ1) is 27.3. The number of carbonyl (C=O) groups excluding carboxylic acids is 3. The van der Waals surface area contributed by atoms with Gasteiger partial charge in [0.1, 0.15) is 23.7 Å². The maximum atomic E-state index is 13.0. The Balaban J connectivity index is 1.51. The summed E-state index contributed by atoms with van der Waals surface area (Å²) in [6.45, 7) is 1.89. The molecule has 2 aliphatic rings. The topological polar surface area (TPSA) is 245 Å². The van der Waals surface area contributed by atoms with Crippen LogP contribution in [0.3, 0.4) is 0 Å². The van der Waals surface area contributed by atoms with E-state index in [2.05, 4.69) is 20.4 Å². The number of nitrogens with two attached hydrogens (primary N) is 4. The van der Waals surface area contributed by atoms with Crippen molar-refractivity contribution in [2.24, 2.45) is 12.2 Å². The summed E-state index contributed by atoms with van der Waals surface area (Å²) in [7, 11) is 1.65. The Morgan fingerprint density at radius 3 is 2.71 bits per heavy atom. The first-order valence-corrected chi connectivity index (χ1v) is 13.9. The van der Waals surface area contributed by atoms with Crippen molar-refractivity contribution in [3.63, 3.8) is 0 Å². The van der Waals surface area contributed by atoms with E-state index in [9.17, 15) is 19.5 Å². The van der Waals surface area contributed by atoms with Crippen LogP contribution in [0.25, 0.3) is 0 Å². The lowest BCUT2D eigenvalue weighted by Gasteiger charge is -2.50. The molecule has 2 aromatic rings. The maximum absolute atomic E-state index is 13.0. The summed E-state index contributed by atoms with van der Waals surface area (Å²) in [5.41, 5.74) is 23.6. The van der Waals surface area contributed by atoms with Gasteiger partial charge in [-0.2, -0.15) is 0 Å². The smallest absolute Gasteiger partial charge is 0.301 e. The number of β-lactam (4-membered cyclic amide) rings is 1. The van der Waals surface area contributed by atoms with Crippen molar-refractivity contribution in [1.29, 1.82) is 0 Å². The van der Waals surface area contributed by atoms with Gasteiger partial charge < -0.3 is 43.0 Å². The molecule has 1 unspecified atom stereocenters. The molecule has 4 heterocycles. The molecule has 1 saturated heterocycles. The molecule has 0 aromatic carbocycles. The Morgan fingerprint density at radius 1 is 1.34 bits per heavy atom. The van der Waals surface area contributed by atoms with Gasteiger partial charge in [0.15, 0.2) is 16.5 Å². The Hall–Kier alpha value is -3.77. The van der Waals surface area contributed by atoms with Crippen LogP contribution in [-0.2, 0) is 26.3 Å². The number of carboxylic acid groups (broad SMARTS) is 1. The van der Waals surface area contributed by atoms with Crippen LogP contribution in [0.2, 0.25) is 0 Å². The number of rotatable bonds is 9. The number of anilines is 4. The fourth-order valence-corrected chi connectivity index (χ4v) is 6.68. The quantitative estimate of drug-likeness (QED) is 0.0520. The summed E-state index contributed by atoms with van der Waals surface area (Å²) in [4.78, 5) is 52.5. The molecule has 2 aromatic heterocycles. The fraction of sp³-hybridized carbons (Fsp3) is 0.350. The number of aliphatic carboxylic acids is 1. The van der Waals surface area contributed by atoms with E-state index in [1.165, 1.54) is 33.5 Å². The van der Waals surface area contributed by atoms with E-state index in [0.717, 1.165) is 16.2 Å². The predicted molar refractivity (Wildman–Crippen MR) is 141 cm³/mol. The van der Waals surface area contributed by atoms with Crippen LogP contribution in [0.5, 0.6) is 0 Å². The van der Waals surface area contributed by atoms with E-state index in [4.69, 9.17) is 27.8 Å². The molecule has 0 saturated carbocycles. The molecular formula is C20H24N10O5S3. The van der Waals surface area contributed by atoms with Gasteiger partial charge in [-0.25, -0.2) is 9.55 Å². The van der Waals surface area contributed by atoms with E-state index in [0.29, 0.717) is 10.7 Å².